The van der Waals surface area contributed by atoms with Gasteiger partial charge in [0.25, 0.3) is 5.91 Å². The molecule has 0 fully saturated rings. The molecule has 0 spiro atoms. The number of methoxy groups -OCH3 is 1. The Morgan fingerprint density at radius 3 is 2.41 bits per heavy atom. The number of pyridine rings is 1. The molecule has 0 saturated carbocycles. The number of aryl methyl sites for hydroxylation is 1. The van der Waals surface area contributed by atoms with E-state index in [0.29, 0.717) is 22.6 Å². The van der Waals surface area contributed by atoms with Gasteiger partial charge >= 0.3 is 0 Å². The van der Waals surface area contributed by atoms with Gasteiger partial charge < -0.3 is 20.3 Å². The van der Waals surface area contributed by atoms with Gasteiger partial charge in [-0.25, -0.2) is 18.1 Å². The van der Waals surface area contributed by atoms with Crippen LogP contribution in [0.4, 0.5) is 17.2 Å². The van der Waals surface area contributed by atoms with Gasteiger partial charge in [-0.3, -0.25) is 9.52 Å². The molecule has 4 aromatic rings. The van der Waals surface area contributed by atoms with Gasteiger partial charge in [0.1, 0.15) is 11.5 Å². The average molecular weight is 621 g/mol. The van der Waals surface area contributed by atoms with Crippen LogP contribution < -0.4 is 20.1 Å². The van der Waals surface area contributed by atoms with E-state index < -0.39 is 15.9 Å². The predicted molar refractivity (Wildman–Crippen MR) is 174 cm³/mol. The van der Waals surface area contributed by atoms with Crippen molar-refractivity contribution in [2.75, 3.05) is 55.9 Å². The van der Waals surface area contributed by atoms with E-state index in [9.17, 15) is 13.2 Å². The Balaban J connectivity index is 1.60. The van der Waals surface area contributed by atoms with Crippen molar-refractivity contribution in [1.29, 1.82) is 0 Å². The third-order valence-electron chi connectivity index (χ3n) is 6.84. The van der Waals surface area contributed by atoms with Crippen LogP contribution in [0, 0.1) is 6.92 Å². The lowest BCUT2D eigenvalue weighted by atomic mass is 9.86. The third-order valence-corrected chi connectivity index (χ3v) is 7.43. The lowest BCUT2D eigenvalue weighted by Gasteiger charge is -2.24. The molecule has 0 bridgehead atoms. The number of ether oxygens (including phenoxy) is 1. The lowest BCUT2D eigenvalue weighted by molar-refractivity contribution is 0.102. The van der Waals surface area contributed by atoms with Gasteiger partial charge in [0.05, 0.1) is 36.6 Å². The number of aromatic nitrogens is 4. The first-order chi connectivity index (χ1) is 20.6. The Hall–Kier alpha value is -4.49. The van der Waals surface area contributed by atoms with E-state index in [2.05, 4.69) is 35.6 Å². The fourth-order valence-corrected chi connectivity index (χ4v) is 4.96. The number of anilines is 3. The van der Waals surface area contributed by atoms with Crippen molar-refractivity contribution in [2.24, 2.45) is 0 Å². The molecule has 2 aromatic carbocycles. The normalized spacial score (nSPS) is 11.8. The molecule has 0 aliphatic rings. The topological polar surface area (TPSA) is 143 Å². The second kappa shape index (κ2) is 13.0. The molecule has 0 radical (unpaired) electrons. The number of nitrogens with one attached hydrogen (secondary N) is 3. The molecule has 2 aromatic heterocycles. The molecule has 12 nitrogen and oxygen atoms in total. The quantitative estimate of drug-likeness (QED) is 0.220. The summed E-state index contributed by atoms with van der Waals surface area (Å²) in [5.74, 6) is 0.585. The zero-order valence-electron chi connectivity index (χ0n) is 26.4. The fraction of sp³-hybridized carbons (Fsp3) is 0.355. The van der Waals surface area contributed by atoms with Gasteiger partial charge in [-0.05, 0) is 74.0 Å². The van der Waals surface area contributed by atoms with Crippen LogP contribution in [0.3, 0.4) is 0 Å². The number of likely N-dealkylation sites (N-methyl/N-ethyl adjacent to an activating group) is 1. The number of carbonyl (C=O) groups excluding carboxylic acids is 1. The van der Waals surface area contributed by atoms with Crippen molar-refractivity contribution in [1.82, 2.24) is 24.9 Å². The van der Waals surface area contributed by atoms with Crippen LogP contribution in [0.1, 0.15) is 42.3 Å². The van der Waals surface area contributed by atoms with Gasteiger partial charge in [0, 0.05) is 30.4 Å². The van der Waals surface area contributed by atoms with Crippen molar-refractivity contribution < 1.29 is 17.9 Å². The molecule has 0 unspecified atom stereocenters. The fourth-order valence-electron chi connectivity index (χ4n) is 4.41. The Morgan fingerprint density at radius 2 is 1.80 bits per heavy atom. The van der Waals surface area contributed by atoms with Gasteiger partial charge in [-0.15, -0.1) is 5.10 Å². The zero-order chi connectivity index (χ0) is 32.2. The van der Waals surface area contributed by atoms with Gasteiger partial charge in [0.15, 0.2) is 5.75 Å². The SMILES string of the molecule is COc1c(NC(=O)c2ccc(C)c(-n3cc(-c4ccc(NCCN(C)C)nc4)nn3)c2)cc(C(C)(C)C)cc1NS(C)(=O)=O. The van der Waals surface area contributed by atoms with E-state index in [4.69, 9.17) is 4.74 Å². The molecule has 3 N–H and O–H groups in total. The summed E-state index contributed by atoms with van der Waals surface area (Å²) in [7, 11) is 1.86. The first kappa shape index (κ1) is 32.4. The number of nitrogens with zero attached hydrogens (tertiary/aromatic N) is 5. The summed E-state index contributed by atoms with van der Waals surface area (Å²) >= 11 is 0. The molecule has 0 aliphatic heterocycles. The van der Waals surface area contributed by atoms with Crippen molar-refractivity contribution in [3.05, 3.63) is 71.5 Å². The minimum absolute atomic E-state index is 0.206. The number of sulfonamides is 1. The van der Waals surface area contributed by atoms with Crippen LogP contribution in [-0.2, 0) is 15.4 Å². The molecule has 1 amide bonds. The standard InChI is InChI=1S/C31H40N8O4S/c1-20-9-10-21(30(40)34-24-16-23(31(2,3)4)17-25(29(24)43-7)36-44(8,41)42)15-27(20)39-19-26(35-37-39)22-11-12-28(33-18-22)32-13-14-38(5)6/h9-12,15-19,36H,13-14H2,1-8H3,(H,32,33)(H,34,40). The molecule has 2 heterocycles. The maximum absolute atomic E-state index is 13.5. The van der Waals surface area contributed by atoms with E-state index in [0.717, 1.165) is 41.9 Å². The average Bonchev–Trinajstić information content (AvgIpc) is 3.42. The van der Waals surface area contributed by atoms with E-state index in [-0.39, 0.29) is 16.9 Å². The minimum atomic E-state index is -3.60. The Bertz CT molecular complexity index is 1740. The van der Waals surface area contributed by atoms with Gasteiger partial charge in [-0.2, -0.15) is 0 Å². The summed E-state index contributed by atoms with van der Waals surface area (Å²) in [5, 5.41) is 14.8. The molecule has 4 rings (SSSR count). The summed E-state index contributed by atoms with van der Waals surface area (Å²) in [6.45, 7) is 9.59. The first-order valence-corrected chi connectivity index (χ1v) is 15.9. The summed E-state index contributed by atoms with van der Waals surface area (Å²) in [5.41, 5.74) is 4.46. The highest BCUT2D eigenvalue weighted by Gasteiger charge is 2.23. The number of carbonyl (C=O) groups is 1. The number of hydrogen-bond donors (Lipinski definition) is 3. The molecule has 0 atom stereocenters. The molecule has 13 heteroatoms. The van der Waals surface area contributed by atoms with Crippen LogP contribution in [0.15, 0.2) is 54.9 Å². The molecular weight excluding hydrogens is 580 g/mol. The van der Waals surface area contributed by atoms with Crippen molar-refractivity contribution in [3.8, 4) is 22.7 Å². The van der Waals surface area contributed by atoms with E-state index in [1.165, 1.54) is 7.11 Å². The van der Waals surface area contributed by atoms with Crippen LogP contribution in [0.2, 0.25) is 0 Å². The molecule has 44 heavy (non-hydrogen) atoms. The summed E-state index contributed by atoms with van der Waals surface area (Å²) in [4.78, 5) is 20.1. The molecule has 0 saturated heterocycles. The first-order valence-electron chi connectivity index (χ1n) is 14.0. The van der Waals surface area contributed by atoms with Crippen LogP contribution in [0.5, 0.6) is 5.75 Å². The second-order valence-electron chi connectivity index (χ2n) is 11.9. The Morgan fingerprint density at radius 1 is 1.07 bits per heavy atom. The second-order valence-corrected chi connectivity index (χ2v) is 13.6. The van der Waals surface area contributed by atoms with Gasteiger partial charge in [0.2, 0.25) is 10.0 Å². The lowest BCUT2D eigenvalue weighted by Crippen LogP contribution is -2.21. The summed E-state index contributed by atoms with van der Waals surface area (Å²) in [6, 6.07) is 12.6. The third kappa shape index (κ3) is 8.11. The summed E-state index contributed by atoms with van der Waals surface area (Å²) < 4.78 is 33.8. The van der Waals surface area contributed by atoms with Crippen LogP contribution in [0.25, 0.3) is 16.9 Å². The Labute approximate surface area is 258 Å². The smallest absolute Gasteiger partial charge is 0.255 e. The highest BCUT2D eigenvalue weighted by atomic mass is 32.2. The van der Waals surface area contributed by atoms with Crippen molar-refractivity contribution in [3.63, 3.8) is 0 Å². The van der Waals surface area contributed by atoms with Gasteiger partial charge in [-0.1, -0.05) is 32.1 Å². The largest absolute Gasteiger partial charge is 0.492 e. The Kier molecular flexibility index (Phi) is 9.59. The van der Waals surface area contributed by atoms with Crippen LogP contribution in [-0.4, -0.2) is 79.8 Å². The minimum Gasteiger partial charge on any atom is -0.492 e. The molecular formula is C31H40N8O4S. The predicted octanol–water partition coefficient (Wildman–Crippen LogP) is 4.54. The number of benzene rings is 2. The van der Waals surface area contributed by atoms with Crippen molar-refractivity contribution >= 4 is 33.1 Å². The van der Waals surface area contributed by atoms with E-state index >= 15 is 0 Å². The van der Waals surface area contributed by atoms with E-state index in [1.807, 2.05) is 60.0 Å². The zero-order valence-corrected chi connectivity index (χ0v) is 27.2. The maximum Gasteiger partial charge on any atom is 0.255 e. The van der Waals surface area contributed by atoms with E-state index in [1.54, 1.807) is 41.3 Å². The number of hydrogen-bond acceptors (Lipinski definition) is 9. The monoisotopic (exact) mass is 620 g/mol. The number of amides is 1. The number of rotatable bonds is 11. The molecule has 234 valence electrons. The van der Waals surface area contributed by atoms with Crippen LogP contribution >= 0.6 is 0 Å². The molecule has 0 aliphatic carbocycles. The highest BCUT2D eigenvalue weighted by molar-refractivity contribution is 7.92. The maximum atomic E-state index is 13.5. The highest BCUT2D eigenvalue weighted by Crippen LogP contribution is 2.39. The van der Waals surface area contributed by atoms with Crippen molar-refractivity contribution in [2.45, 2.75) is 33.1 Å². The summed E-state index contributed by atoms with van der Waals surface area (Å²) in [6.07, 6.45) is 4.60.